The van der Waals surface area contributed by atoms with E-state index in [9.17, 15) is 4.79 Å². The van der Waals surface area contributed by atoms with Gasteiger partial charge in [-0.25, -0.2) is 4.98 Å². The Morgan fingerprint density at radius 1 is 1.05 bits per heavy atom. The standard InChI is InChI=1S/C17H14N2O2S/c18-16(20)15(13-9-5-2-6-10-13)22-17-19-14(11-21-17)12-7-3-1-4-8-12/h1-11,15H,(H2,18,20). The molecular formula is C17H14N2O2S. The maximum absolute atomic E-state index is 11.7. The predicted octanol–water partition coefficient (Wildman–Crippen LogP) is 3.66. The molecule has 3 aromatic rings. The zero-order valence-electron chi connectivity index (χ0n) is 11.7. The number of carbonyl (C=O) groups excluding carboxylic acids is 1. The molecule has 0 bridgehead atoms. The fraction of sp³-hybridized carbons (Fsp3) is 0.0588. The largest absolute Gasteiger partial charge is 0.439 e. The molecule has 0 radical (unpaired) electrons. The number of amides is 1. The predicted molar refractivity (Wildman–Crippen MR) is 86.2 cm³/mol. The number of benzene rings is 2. The molecule has 1 atom stereocenters. The number of nitrogens with zero attached hydrogens (tertiary/aromatic N) is 1. The summed E-state index contributed by atoms with van der Waals surface area (Å²) in [6, 6.07) is 19.1. The van der Waals surface area contributed by atoms with Gasteiger partial charge in [0.15, 0.2) is 0 Å². The second kappa shape index (κ2) is 6.49. The van der Waals surface area contributed by atoms with Crippen molar-refractivity contribution in [1.82, 2.24) is 4.98 Å². The minimum absolute atomic E-state index is 0.421. The van der Waals surface area contributed by atoms with Gasteiger partial charge in [0, 0.05) is 5.56 Å². The molecule has 4 nitrogen and oxygen atoms in total. The third-order valence-corrected chi connectivity index (χ3v) is 4.26. The lowest BCUT2D eigenvalue weighted by atomic mass is 10.1. The summed E-state index contributed by atoms with van der Waals surface area (Å²) in [7, 11) is 0. The molecule has 110 valence electrons. The van der Waals surface area contributed by atoms with Crippen LogP contribution in [-0.4, -0.2) is 10.9 Å². The Morgan fingerprint density at radius 2 is 1.68 bits per heavy atom. The molecule has 3 rings (SSSR count). The summed E-state index contributed by atoms with van der Waals surface area (Å²) >= 11 is 1.21. The minimum Gasteiger partial charge on any atom is -0.439 e. The third kappa shape index (κ3) is 3.20. The summed E-state index contributed by atoms with van der Waals surface area (Å²) in [5, 5.41) is -0.102. The zero-order valence-corrected chi connectivity index (χ0v) is 12.5. The monoisotopic (exact) mass is 310 g/mol. The van der Waals surface area contributed by atoms with E-state index in [2.05, 4.69) is 4.98 Å². The van der Waals surface area contributed by atoms with Crippen LogP contribution in [0.5, 0.6) is 0 Å². The first kappa shape index (κ1) is 14.4. The molecule has 1 unspecified atom stereocenters. The summed E-state index contributed by atoms with van der Waals surface area (Å²) in [6.45, 7) is 0. The summed E-state index contributed by atoms with van der Waals surface area (Å²) in [5.74, 6) is -0.421. The maximum atomic E-state index is 11.7. The SMILES string of the molecule is NC(=O)C(Sc1nc(-c2ccccc2)co1)c1ccccc1. The van der Waals surface area contributed by atoms with Crippen molar-refractivity contribution in [3.8, 4) is 11.3 Å². The van der Waals surface area contributed by atoms with E-state index in [0.717, 1.165) is 16.8 Å². The molecule has 0 saturated carbocycles. The van der Waals surface area contributed by atoms with Gasteiger partial charge in [0.2, 0.25) is 5.91 Å². The Labute approximate surface area is 132 Å². The Kier molecular flexibility index (Phi) is 4.25. The Hall–Kier alpha value is -2.53. The smallest absolute Gasteiger partial charge is 0.257 e. The Bertz CT molecular complexity index is 757. The van der Waals surface area contributed by atoms with E-state index in [1.165, 1.54) is 11.8 Å². The molecule has 0 aliphatic carbocycles. The van der Waals surface area contributed by atoms with Crippen LogP contribution in [0.2, 0.25) is 0 Å². The third-order valence-electron chi connectivity index (χ3n) is 3.13. The van der Waals surface area contributed by atoms with Crippen LogP contribution >= 0.6 is 11.8 Å². The number of hydrogen-bond donors (Lipinski definition) is 1. The maximum Gasteiger partial charge on any atom is 0.257 e. The van der Waals surface area contributed by atoms with Gasteiger partial charge < -0.3 is 10.2 Å². The molecule has 5 heteroatoms. The van der Waals surface area contributed by atoms with Crippen molar-refractivity contribution < 1.29 is 9.21 Å². The number of aromatic nitrogens is 1. The zero-order chi connectivity index (χ0) is 15.4. The second-order valence-electron chi connectivity index (χ2n) is 4.68. The normalized spacial score (nSPS) is 12.0. The molecule has 2 N–H and O–H groups in total. The van der Waals surface area contributed by atoms with Crippen molar-refractivity contribution in [2.75, 3.05) is 0 Å². The first-order valence-electron chi connectivity index (χ1n) is 6.76. The van der Waals surface area contributed by atoms with Gasteiger partial charge in [-0.15, -0.1) is 0 Å². The van der Waals surface area contributed by atoms with Gasteiger partial charge in [-0.3, -0.25) is 4.79 Å². The van der Waals surface area contributed by atoms with E-state index in [1.807, 2.05) is 60.7 Å². The minimum atomic E-state index is -0.525. The second-order valence-corrected chi connectivity index (χ2v) is 5.73. The van der Waals surface area contributed by atoms with Crippen LogP contribution < -0.4 is 5.73 Å². The molecule has 22 heavy (non-hydrogen) atoms. The molecule has 0 aliphatic rings. The van der Waals surface area contributed by atoms with Gasteiger partial charge in [-0.1, -0.05) is 60.7 Å². The average Bonchev–Trinajstić information content (AvgIpc) is 3.03. The molecule has 1 amide bonds. The average molecular weight is 310 g/mol. The van der Waals surface area contributed by atoms with E-state index in [0.29, 0.717) is 5.22 Å². The van der Waals surface area contributed by atoms with Gasteiger partial charge in [-0.05, 0) is 17.3 Å². The van der Waals surface area contributed by atoms with Crippen LogP contribution in [-0.2, 0) is 4.79 Å². The number of oxazole rings is 1. The first-order valence-corrected chi connectivity index (χ1v) is 7.64. The number of hydrogen-bond acceptors (Lipinski definition) is 4. The lowest BCUT2D eigenvalue weighted by molar-refractivity contribution is -0.117. The molecule has 0 fully saturated rings. The molecular weight excluding hydrogens is 296 g/mol. The van der Waals surface area contributed by atoms with E-state index < -0.39 is 11.2 Å². The van der Waals surface area contributed by atoms with Crippen LogP contribution in [0, 0.1) is 0 Å². The van der Waals surface area contributed by atoms with Crippen LogP contribution in [0.1, 0.15) is 10.8 Å². The lowest BCUT2D eigenvalue weighted by Gasteiger charge is -2.10. The first-order chi connectivity index (χ1) is 10.7. The number of nitrogens with two attached hydrogens (primary N) is 1. The Morgan fingerprint density at radius 3 is 2.32 bits per heavy atom. The Balaban J connectivity index is 1.83. The number of thioether (sulfide) groups is 1. The van der Waals surface area contributed by atoms with Gasteiger partial charge in [0.25, 0.3) is 5.22 Å². The van der Waals surface area contributed by atoms with Gasteiger partial charge in [0.05, 0.1) is 0 Å². The van der Waals surface area contributed by atoms with Crippen molar-refractivity contribution in [2.24, 2.45) is 5.73 Å². The topological polar surface area (TPSA) is 69.1 Å². The van der Waals surface area contributed by atoms with Crippen LogP contribution in [0.15, 0.2) is 76.6 Å². The lowest BCUT2D eigenvalue weighted by Crippen LogP contribution is -2.18. The fourth-order valence-electron chi connectivity index (χ4n) is 2.07. The van der Waals surface area contributed by atoms with Crippen LogP contribution in [0.3, 0.4) is 0 Å². The highest BCUT2D eigenvalue weighted by molar-refractivity contribution is 8.00. The van der Waals surface area contributed by atoms with Crippen molar-refractivity contribution in [1.29, 1.82) is 0 Å². The van der Waals surface area contributed by atoms with E-state index in [-0.39, 0.29) is 0 Å². The fourth-order valence-corrected chi connectivity index (χ4v) is 2.94. The summed E-state index contributed by atoms with van der Waals surface area (Å²) in [6.07, 6.45) is 1.58. The van der Waals surface area contributed by atoms with E-state index >= 15 is 0 Å². The molecule has 0 spiro atoms. The molecule has 1 aromatic heterocycles. The highest BCUT2D eigenvalue weighted by Gasteiger charge is 2.22. The summed E-state index contributed by atoms with van der Waals surface area (Å²) in [4.78, 5) is 16.1. The van der Waals surface area contributed by atoms with E-state index in [1.54, 1.807) is 6.26 Å². The van der Waals surface area contributed by atoms with Gasteiger partial charge >= 0.3 is 0 Å². The highest BCUT2D eigenvalue weighted by Crippen LogP contribution is 2.35. The van der Waals surface area contributed by atoms with Crippen molar-refractivity contribution >= 4 is 17.7 Å². The van der Waals surface area contributed by atoms with Gasteiger partial charge in [-0.2, -0.15) is 0 Å². The molecule has 2 aromatic carbocycles. The van der Waals surface area contributed by atoms with Gasteiger partial charge in [0.1, 0.15) is 17.2 Å². The molecule has 1 heterocycles. The summed E-state index contributed by atoms with van der Waals surface area (Å²) < 4.78 is 5.47. The van der Waals surface area contributed by atoms with Crippen molar-refractivity contribution in [3.05, 3.63) is 72.5 Å². The number of primary amides is 1. The number of carbonyl (C=O) groups is 1. The van der Waals surface area contributed by atoms with Crippen molar-refractivity contribution in [3.63, 3.8) is 0 Å². The van der Waals surface area contributed by atoms with Crippen molar-refractivity contribution in [2.45, 2.75) is 10.5 Å². The number of rotatable bonds is 5. The summed E-state index contributed by atoms with van der Waals surface area (Å²) in [5.41, 5.74) is 8.04. The highest BCUT2D eigenvalue weighted by atomic mass is 32.2. The van der Waals surface area contributed by atoms with Crippen LogP contribution in [0.4, 0.5) is 0 Å². The quantitative estimate of drug-likeness (QED) is 0.730. The molecule has 0 saturated heterocycles. The molecule has 0 aliphatic heterocycles. The van der Waals surface area contributed by atoms with Crippen LogP contribution in [0.25, 0.3) is 11.3 Å². The van der Waals surface area contributed by atoms with E-state index in [4.69, 9.17) is 10.2 Å².